The minimum Gasteiger partial charge on any atom is -0.326 e. The van der Waals surface area contributed by atoms with Gasteiger partial charge >= 0.3 is 5.69 Å². The first-order valence-electron chi connectivity index (χ1n) is 5.17. The van der Waals surface area contributed by atoms with Crippen LogP contribution in [0.4, 0.5) is 0 Å². The largest absolute Gasteiger partial charge is 0.328 e. The summed E-state index contributed by atoms with van der Waals surface area (Å²) in [5, 5.41) is 0.738. The standard InChI is InChI=1S/C11H12ClN3O2/c1-6(13)5-15-10(16)7-3-2-4-8(12)9(7)14-11(15)17/h2-4,6H,5,13H2,1H3,(H,14,17). The number of nitrogens with zero attached hydrogens (tertiary/aromatic N) is 1. The topological polar surface area (TPSA) is 80.9 Å². The molecule has 5 nitrogen and oxygen atoms in total. The van der Waals surface area contributed by atoms with Gasteiger partial charge in [-0.15, -0.1) is 0 Å². The van der Waals surface area contributed by atoms with Crippen LogP contribution in [0, 0.1) is 0 Å². The van der Waals surface area contributed by atoms with Crippen molar-refractivity contribution in [3.05, 3.63) is 44.1 Å². The molecule has 17 heavy (non-hydrogen) atoms. The van der Waals surface area contributed by atoms with Crippen molar-refractivity contribution in [1.82, 2.24) is 9.55 Å². The molecule has 1 atom stereocenters. The molecule has 0 fully saturated rings. The molecule has 2 aromatic rings. The van der Waals surface area contributed by atoms with Gasteiger partial charge in [-0.3, -0.25) is 9.36 Å². The molecule has 1 aromatic carbocycles. The molecule has 0 bridgehead atoms. The second-order valence-corrected chi connectivity index (χ2v) is 4.39. The first-order valence-corrected chi connectivity index (χ1v) is 5.55. The Bertz CT molecular complexity index is 672. The zero-order valence-corrected chi connectivity index (χ0v) is 9.99. The zero-order valence-electron chi connectivity index (χ0n) is 9.24. The van der Waals surface area contributed by atoms with Gasteiger partial charge in [0.1, 0.15) is 0 Å². The van der Waals surface area contributed by atoms with E-state index in [-0.39, 0.29) is 18.1 Å². The highest BCUT2D eigenvalue weighted by Gasteiger charge is 2.10. The van der Waals surface area contributed by atoms with E-state index in [0.29, 0.717) is 15.9 Å². The molecule has 0 radical (unpaired) electrons. The smallest absolute Gasteiger partial charge is 0.326 e. The summed E-state index contributed by atoms with van der Waals surface area (Å²) in [6, 6.07) is 4.64. The fraction of sp³-hybridized carbons (Fsp3) is 0.273. The Hall–Kier alpha value is -1.59. The second-order valence-electron chi connectivity index (χ2n) is 3.99. The Morgan fingerprint density at radius 1 is 1.47 bits per heavy atom. The Morgan fingerprint density at radius 2 is 2.18 bits per heavy atom. The molecule has 0 aliphatic heterocycles. The van der Waals surface area contributed by atoms with Crippen molar-refractivity contribution >= 4 is 22.5 Å². The van der Waals surface area contributed by atoms with Crippen LogP contribution in [0.3, 0.4) is 0 Å². The molecule has 0 aliphatic carbocycles. The van der Waals surface area contributed by atoms with Gasteiger partial charge in [-0.05, 0) is 19.1 Å². The molecule has 0 saturated carbocycles. The minimum absolute atomic E-state index is 0.177. The monoisotopic (exact) mass is 253 g/mol. The summed E-state index contributed by atoms with van der Waals surface area (Å²) in [5.41, 5.74) is 5.10. The van der Waals surface area contributed by atoms with E-state index < -0.39 is 5.69 Å². The van der Waals surface area contributed by atoms with Crippen LogP contribution < -0.4 is 17.0 Å². The summed E-state index contributed by atoms with van der Waals surface area (Å²) in [4.78, 5) is 26.4. The quantitative estimate of drug-likeness (QED) is 0.826. The third-order valence-corrected chi connectivity index (χ3v) is 2.75. The molecule has 0 amide bonds. The maximum Gasteiger partial charge on any atom is 0.328 e. The number of hydrogen-bond donors (Lipinski definition) is 2. The first kappa shape index (κ1) is 11.9. The lowest BCUT2D eigenvalue weighted by atomic mass is 10.2. The molecule has 2 rings (SSSR count). The van der Waals surface area contributed by atoms with Gasteiger partial charge in [0.2, 0.25) is 0 Å². The van der Waals surface area contributed by atoms with E-state index in [1.165, 1.54) is 0 Å². The number of aromatic nitrogens is 2. The molecule has 90 valence electrons. The number of rotatable bonds is 2. The number of benzene rings is 1. The Labute approximate surface area is 102 Å². The number of fused-ring (bicyclic) bond motifs is 1. The molecular weight excluding hydrogens is 242 g/mol. The van der Waals surface area contributed by atoms with E-state index in [4.69, 9.17) is 17.3 Å². The predicted octanol–water partition coefficient (Wildman–Crippen LogP) is 0.690. The summed E-state index contributed by atoms with van der Waals surface area (Å²) in [5.74, 6) is 0. The molecular formula is C11H12ClN3O2. The van der Waals surface area contributed by atoms with Gasteiger partial charge in [0.05, 0.1) is 15.9 Å². The number of H-pyrrole nitrogens is 1. The number of nitrogens with one attached hydrogen (secondary N) is 1. The maximum absolute atomic E-state index is 12.1. The van der Waals surface area contributed by atoms with Crippen LogP contribution in [0.5, 0.6) is 0 Å². The highest BCUT2D eigenvalue weighted by atomic mass is 35.5. The van der Waals surface area contributed by atoms with E-state index >= 15 is 0 Å². The van der Waals surface area contributed by atoms with E-state index in [1.54, 1.807) is 25.1 Å². The van der Waals surface area contributed by atoms with Crippen LogP contribution in [0.1, 0.15) is 6.92 Å². The number of para-hydroxylation sites is 1. The molecule has 3 N–H and O–H groups in total. The lowest BCUT2D eigenvalue weighted by Crippen LogP contribution is -2.39. The van der Waals surface area contributed by atoms with Crippen LogP contribution >= 0.6 is 11.6 Å². The second kappa shape index (κ2) is 4.35. The molecule has 6 heteroatoms. The highest BCUT2D eigenvalue weighted by Crippen LogP contribution is 2.16. The van der Waals surface area contributed by atoms with Gasteiger partial charge < -0.3 is 10.7 Å². The van der Waals surface area contributed by atoms with Crippen LogP contribution in [-0.4, -0.2) is 15.6 Å². The summed E-state index contributed by atoms with van der Waals surface area (Å²) in [6.45, 7) is 1.91. The van der Waals surface area contributed by atoms with Gasteiger partial charge in [-0.25, -0.2) is 4.79 Å². The number of aromatic amines is 1. The lowest BCUT2D eigenvalue weighted by Gasteiger charge is -2.09. The van der Waals surface area contributed by atoms with Crippen LogP contribution in [0.25, 0.3) is 10.9 Å². The van der Waals surface area contributed by atoms with Gasteiger partial charge in [0, 0.05) is 12.6 Å². The summed E-state index contributed by atoms with van der Waals surface area (Å²) < 4.78 is 1.09. The fourth-order valence-corrected chi connectivity index (χ4v) is 1.92. The molecule has 1 unspecified atom stereocenters. The third kappa shape index (κ3) is 2.11. The van der Waals surface area contributed by atoms with Crippen molar-refractivity contribution in [2.45, 2.75) is 19.5 Å². The third-order valence-electron chi connectivity index (χ3n) is 2.44. The summed E-state index contributed by atoms with van der Waals surface area (Å²) in [6.07, 6.45) is 0. The van der Waals surface area contributed by atoms with Crippen molar-refractivity contribution in [2.75, 3.05) is 0 Å². The number of halogens is 1. The van der Waals surface area contributed by atoms with Crippen LogP contribution in [-0.2, 0) is 6.54 Å². The van der Waals surface area contributed by atoms with E-state index in [1.807, 2.05) is 0 Å². The Kier molecular flexibility index (Phi) is 3.04. The molecule has 1 aromatic heterocycles. The van der Waals surface area contributed by atoms with Gasteiger partial charge in [-0.2, -0.15) is 0 Å². The summed E-state index contributed by atoms with van der Waals surface area (Å²) in [7, 11) is 0. The van der Waals surface area contributed by atoms with Crippen molar-refractivity contribution in [3.8, 4) is 0 Å². The first-order chi connectivity index (χ1) is 8.00. The fourth-order valence-electron chi connectivity index (χ4n) is 1.70. The average Bonchev–Trinajstić information content (AvgIpc) is 2.26. The van der Waals surface area contributed by atoms with Gasteiger partial charge in [0.25, 0.3) is 5.56 Å². The molecule has 0 spiro atoms. The van der Waals surface area contributed by atoms with Crippen LogP contribution in [0.15, 0.2) is 27.8 Å². The van der Waals surface area contributed by atoms with Crippen LogP contribution in [0.2, 0.25) is 5.02 Å². The normalized spacial score (nSPS) is 12.9. The minimum atomic E-state index is -0.493. The highest BCUT2D eigenvalue weighted by molar-refractivity contribution is 6.34. The van der Waals surface area contributed by atoms with Gasteiger partial charge in [0.15, 0.2) is 0 Å². The number of nitrogens with two attached hydrogens (primary N) is 1. The van der Waals surface area contributed by atoms with Gasteiger partial charge in [-0.1, -0.05) is 17.7 Å². The van der Waals surface area contributed by atoms with Crippen molar-refractivity contribution in [1.29, 1.82) is 0 Å². The van der Waals surface area contributed by atoms with Crippen molar-refractivity contribution in [3.63, 3.8) is 0 Å². The number of hydrogen-bond acceptors (Lipinski definition) is 3. The van der Waals surface area contributed by atoms with E-state index in [2.05, 4.69) is 4.98 Å². The average molecular weight is 254 g/mol. The molecule has 1 heterocycles. The lowest BCUT2D eigenvalue weighted by molar-refractivity contribution is 0.554. The van der Waals surface area contributed by atoms with E-state index in [9.17, 15) is 9.59 Å². The maximum atomic E-state index is 12.1. The Morgan fingerprint density at radius 3 is 2.82 bits per heavy atom. The van der Waals surface area contributed by atoms with E-state index in [0.717, 1.165) is 4.57 Å². The summed E-state index contributed by atoms with van der Waals surface area (Å²) >= 11 is 5.92. The molecule has 0 aliphatic rings. The SMILES string of the molecule is CC(N)Cn1c(=O)[nH]c2c(Cl)cccc2c1=O. The van der Waals surface area contributed by atoms with Crippen molar-refractivity contribution in [2.24, 2.45) is 5.73 Å². The Balaban J connectivity index is 2.82. The molecule has 0 saturated heterocycles. The zero-order chi connectivity index (χ0) is 12.6. The predicted molar refractivity (Wildman–Crippen MR) is 67.5 cm³/mol. The van der Waals surface area contributed by atoms with Crippen molar-refractivity contribution < 1.29 is 0 Å².